The van der Waals surface area contributed by atoms with Gasteiger partial charge < -0.3 is 72.6 Å². The van der Waals surface area contributed by atoms with Gasteiger partial charge in [-0.2, -0.15) is 0 Å². The highest BCUT2D eigenvalue weighted by atomic mass is 16.6. The van der Waals surface area contributed by atoms with Gasteiger partial charge in [0.25, 0.3) is 0 Å². The number of esters is 1. The fraction of sp³-hybridized carbons (Fsp3) is 0.484. The molecule has 0 spiro atoms. The molecule has 0 fully saturated rings. The summed E-state index contributed by atoms with van der Waals surface area (Å²) in [4.78, 5) is 105. The lowest BCUT2D eigenvalue weighted by Gasteiger charge is -2.27. The number of nitrogens with zero attached hydrogens (tertiary/aromatic N) is 9. The number of carboxylic acids is 1. The van der Waals surface area contributed by atoms with E-state index in [1.54, 1.807) is 53.1 Å². The number of unbranched alkanes of at least 4 members (excludes halogenated alkanes) is 1. The van der Waals surface area contributed by atoms with Gasteiger partial charge in [-0.1, -0.05) is 134 Å². The molecule has 2 heterocycles. The minimum Gasteiger partial charge on any atom is -0.491 e. The minimum absolute atomic E-state index is 0. The van der Waals surface area contributed by atoms with Crippen LogP contribution in [0.1, 0.15) is 147 Å². The first-order valence-electron chi connectivity index (χ1n) is 41.9. The third-order valence-corrected chi connectivity index (χ3v) is 19.5. The van der Waals surface area contributed by atoms with Crippen LogP contribution in [0, 0.1) is 13.8 Å². The highest BCUT2D eigenvalue weighted by Gasteiger charge is 2.29. The number of rotatable bonds is 58. The topological polar surface area (TPSA) is 401 Å². The average Bonchev–Trinajstić information content (AvgIpc) is 0.787. The van der Waals surface area contributed by atoms with Crippen LogP contribution in [0.5, 0.6) is 11.5 Å². The number of ether oxygens (including phenoxy) is 12. The number of ketones is 2. The Morgan fingerprint density at radius 1 is 0.476 bits per heavy atom. The number of carbonyl (C=O) groups is 7. The van der Waals surface area contributed by atoms with Crippen LogP contribution in [0.15, 0.2) is 168 Å². The predicted octanol–water partition coefficient (Wildman–Crippen LogP) is 17.0. The number of aliphatic carboxylic acids is 1. The molecule has 31 heteroatoms. The Morgan fingerprint density at radius 2 is 0.873 bits per heavy atom. The molecule has 0 aliphatic carbocycles. The zero-order chi connectivity index (χ0) is 89.1. The number of anilines is 1. The van der Waals surface area contributed by atoms with E-state index in [9.17, 15) is 38.7 Å². The zero-order valence-corrected chi connectivity index (χ0v) is 72.5. The van der Waals surface area contributed by atoms with Crippen molar-refractivity contribution in [3.8, 4) is 33.8 Å². The number of hydrogen-bond acceptors (Lipinski definition) is 23. The number of benzene rings is 6. The monoisotopic (exact) mass is 1740 g/mol. The van der Waals surface area contributed by atoms with Gasteiger partial charge in [-0.15, -0.1) is 0 Å². The molecule has 4 atom stereocenters. The largest absolute Gasteiger partial charge is 0.491 e. The number of fused-ring (bicyclic) bond motifs is 2. The summed E-state index contributed by atoms with van der Waals surface area (Å²) in [5, 5.41) is 26.0. The molecule has 0 aliphatic heterocycles. The first-order valence-corrected chi connectivity index (χ1v) is 41.9. The molecule has 31 nitrogen and oxygen atoms in total. The number of azide groups is 2. The van der Waals surface area contributed by atoms with E-state index < -0.39 is 47.6 Å². The molecule has 126 heavy (non-hydrogen) atoms. The molecule has 3 N–H and O–H groups in total. The second kappa shape index (κ2) is 59.4. The van der Waals surface area contributed by atoms with Gasteiger partial charge in [-0.25, -0.2) is 9.78 Å². The SMILES string of the molecule is C.C.COC(=O)C[C@H](CC(=O)[C@H](C)NC(=O)CCCN(C(=O)OC(C)(C)C)c1cc(C)ccn1)c1ccc(-c2ccc(OCCOCCOCCOCCOCCN=[N+]=[N-])c3ccccc23)cc1.Cc1ccnc(CCCCC(=O)N[C@@H](C)C(=O)C[C@@H](CC(=O)O)c2ccc(-c3ccc(OCCOCCOCCOCCOCCN=[N+]=[N-])c4ccccc34)cc2)c1. The van der Waals surface area contributed by atoms with Crippen molar-refractivity contribution in [1.29, 1.82) is 0 Å². The van der Waals surface area contributed by atoms with Crippen LogP contribution in [-0.2, 0) is 82.6 Å². The van der Waals surface area contributed by atoms with Gasteiger partial charge in [0, 0.05) is 95.8 Å². The van der Waals surface area contributed by atoms with E-state index in [0.29, 0.717) is 157 Å². The van der Waals surface area contributed by atoms with Crippen molar-refractivity contribution in [2.24, 2.45) is 10.2 Å². The van der Waals surface area contributed by atoms with Crippen LogP contribution in [0.3, 0.4) is 0 Å². The minimum atomic E-state index is -0.997. The standard InChI is InChI=1S/C49H64N6O11.C44H55N5O9.2CH4/c1-35-19-20-51-45(32-35)55(48(59)66-49(3,4)5)22-9-12-46(57)53-36(2)43(56)33-39(34-47(58)60-6)37-13-15-38(16-14-37)40-17-18-44(42-11-8-7-10-41(40)42)65-31-30-64-29-28-63-27-26-62-25-24-61-23-21-52-54-50;1-32-17-18-46-37(29-32)7-3-6-10-43(51)48-33(2)41(50)30-36(31-44(52)53)34-11-13-35(14-12-34)38-15-16-42(40-9-5-4-8-39(38)40)58-28-27-57-26-25-56-24-23-55-22-21-54-20-19-47-49-45;;/h7-8,10-11,13-20,32,36,39H,9,12,21-31,33-34H2,1-6H3,(H,53,57);4-5,8-9,11-18,29,33,36H,3,6-7,10,19-28,30-31H2,1-2H3,(H,48,51)(H,52,53);2*1H4/t36-,39-;33-,36-;;/m00../s1. The number of nitrogens with one attached hydrogen (secondary N) is 2. The number of aromatic nitrogens is 2. The van der Waals surface area contributed by atoms with E-state index in [-0.39, 0.29) is 76.9 Å². The van der Waals surface area contributed by atoms with E-state index in [0.717, 1.165) is 96.1 Å². The molecule has 6 aromatic carbocycles. The summed E-state index contributed by atoms with van der Waals surface area (Å²) < 4.78 is 66.7. The predicted molar refractivity (Wildman–Crippen MR) is 485 cm³/mol. The van der Waals surface area contributed by atoms with Crippen molar-refractivity contribution in [3.63, 3.8) is 0 Å². The Labute approximate surface area is 739 Å². The second-order valence-corrected chi connectivity index (χ2v) is 30.2. The third-order valence-electron chi connectivity index (χ3n) is 19.5. The Balaban J connectivity index is 0.000000444. The number of carboxylic acid groups (broad SMARTS) is 1. The Hall–Kier alpha value is -11.5. The van der Waals surface area contributed by atoms with Crippen LogP contribution in [0.25, 0.3) is 64.7 Å². The smallest absolute Gasteiger partial charge is 0.416 e. The molecule has 682 valence electrons. The number of amides is 3. The summed E-state index contributed by atoms with van der Waals surface area (Å²) in [6.07, 6.45) is 5.53. The number of Topliss-reactive ketones (excluding diaryl/α,β-unsaturated/α-hetero) is 2. The summed E-state index contributed by atoms with van der Waals surface area (Å²) in [6, 6.07) is 45.3. The van der Waals surface area contributed by atoms with Gasteiger partial charge in [-0.05, 0) is 177 Å². The van der Waals surface area contributed by atoms with Crippen LogP contribution < -0.4 is 25.0 Å². The Bertz CT molecular complexity index is 4730. The molecule has 0 saturated carbocycles. The maximum Gasteiger partial charge on any atom is 0.416 e. The summed E-state index contributed by atoms with van der Waals surface area (Å²) in [7, 11) is 1.31. The van der Waals surface area contributed by atoms with E-state index in [4.69, 9.17) is 67.9 Å². The summed E-state index contributed by atoms with van der Waals surface area (Å²) in [6.45, 7) is 20.7. The number of pyridine rings is 2. The van der Waals surface area contributed by atoms with Gasteiger partial charge in [0.1, 0.15) is 36.1 Å². The van der Waals surface area contributed by atoms with Gasteiger partial charge in [-0.3, -0.25) is 38.7 Å². The Kier molecular flexibility index (Phi) is 49.6. The maximum atomic E-state index is 13.6. The average molecular weight is 1740 g/mol. The van der Waals surface area contributed by atoms with Gasteiger partial charge >= 0.3 is 18.0 Å². The van der Waals surface area contributed by atoms with Crippen molar-refractivity contribution < 1.29 is 95.5 Å². The number of aryl methyl sites for hydroxylation is 3. The molecule has 0 bridgehead atoms. The summed E-state index contributed by atoms with van der Waals surface area (Å²) in [5.41, 5.74) is 24.2. The van der Waals surface area contributed by atoms with Crippen molar-refractivity contribution >= 4 is 68.8 Å². The molecule has 3 amide bonds. The van der Waals surface area contributed by atoms with Gasteiger partial charge in [0.2, 0.25) is 11.8 Å². The highest BCUT2D eigenvalue weighted by Crippen LogP contribution is 2.38. The molecule has 0 unspecified atom stereocenters. The second-order valence-electron chi connectivity index (χ2n) is 30.2. The van der Waals surface area contributed by atoms with Gasteiger partial charge in [0.05, 0.1) is 138 Å². The maximum absolute atomic E-state index is 13.6. The molecular formula is C95H127N11O20. The van der Waals surface area contributed by atoms with Crippen molar-refractivity contribution in [1.82, 2.24) is 20.6 Å². The number of methoxy groups -OCH3 is 1. The molecule has 2 aromatic heterocycles. The van der Waals surface area contributed by atoms with Crippen LogP contribution in [-0.4, -0.2) is 220 Å². The lowest BCUT2D eigenvalue weighted by Crippen LogP contribution is -2.40. The van der Waals surface area contributed by atoms with E-state index in [1.165, 1.54) is 12.0 Å². The lowest BCUT2D eigenvalue weighted by atomic mass is 9.87. The van der Waals surface area contributed by atoms with E-state index in [1.807, 2.05) is 153 Å². The molecule has 8 rings (SSSR count). The highest BCUT2D eigenvalue weighted by molar-refractivity contribution is 6.01. The summed E-state index contributed by atoms with van der Waals surface area (Å²) >= 11 is 0. The van der Waals surface area contributed by atoms with E-state index >= 15 is 0 Å². The number of hydrogen-bond donors (Lipinski definition) is 3. The lowest BCUT2D eigenvalue weighted by molar-refractivity contribution is -0.141. The van der Waals surface area contributed by atoms with Crippen molar-refractivity contribution in [2.45, 2.75) is 157 Å². The third kappa shape index (κ3) is 39.4. The fourth-order valence-corrected chi connectivity index (χ4v) is 13.2. The first kappa shape index (κ1) is 105. The number of carbonyl (C=O) groups excluding carboxylic acids is 6. The fourth-order valence-electron chi connectivity index (χ4n) is 13.2. The van der Waals surface area contributed by atoms with Crippen LogP contribution in [0.2, 0.25) is 0 Å². The molecule has 0 aliphatic rings. The molecule has 0 saturated heterocycles. The zero-order valence-electron chi connectivity index (χ0n) is 72.5. The molecular weight excluding hydrogens is 1620 g/mol. The molecule has 8 aromatic rings. The first-order chi connectivity index (χ1) is 60.0. The summed E-state index contributed by atoms with van der Waals surface area (Å²) in [5.74, 6) is -1.59. The van der Waals surface area contributed by atoms with Crippen LogP contribution >= 0.6 is 0 Å². The molecule has 0 radical (unpaired) electrons. The quantitative estimate of drug-likeness (QED) is 0.0105. The van der Waals surface area contributed by atoms with Gasteiger partial charge in [0.15, 0.2) is 11.6 Å². The van der Waals surface area contributed by atoms with Crippen LogP contribution in [0.4, 0.5) is 10.6 Å². The van der Waals surface area contributed by atoms with E-state index in [2.05, 4.69) is 40.7 Å². The van der Waals surface area contributed by atoms with Crippen molar-refractivity contribution in [3.05, 3.63) is 207 Å². The van der Waals surface area contributed by atoms with Crippen molar-refractivity contribution in [2.75, 3.05) is 151 Å². The normalized spacial score (nSPS) is 11.9. The Morgan fingerprint density at radius 3 is 1.28 bits per heavy atom.